The van der Waals surface area contributed by atoms with Crippen molar-refractivity contribution < 1.29 is 19.0 Å². The molecule has 1 aliphatic heterocycles. The van der Waals surface area contributed by atoms with Crippen LogP contribution in [0.25, 0.3) is 17.2 Å². The van der Waals surface area contributed by atoms with Crippen LogP contribution in [0.2, 0.25) is 0 Å². The van der Waals surface area contributed by atoms with Gasteiger partial charge in [0, 0.05) is 12.6 Å². The molecule has 3 N–H and O–H groups in total. The highest BCUT2D eigenvalue weighted by Gasteiger charge is 2.28. The van der Waals surface area contributed by atoms with Crippen molar-refractivity contribution in [3.8, 4) is 17.2 Å². The number of nitrogens with one attached hydrogen (secondary N) is 1. The van der Waals surface area contributed by atoms with Gasteiger partial charge in [-0.2, -0.15) is 0 Å². The number of benzene rings is 2. The van der Waals surface area contributed by atoms with Crippen LogP contribution in [0, 0.1) is 0 Å². The molecule has 4 rings (SSSR count). The van der Waals surface area contributed by atoms with Gasteiger partial charge >= 0.3 is 0 Å². The third kappa shape index (κ3) is 4.61. The predicted molar refractivity (Wildman–Crippen MR) is 136 cm³/mol. The minimum Gasteiger partial charge on any atom is -0.497 e. The third-order valence-corrected chi connectivity index (χ3v) is 6.67. The van der Waals surface area contributed by atoms with E-state index in [1.807, 2.05) is 30.3 Å². The van der Waals surface area contributed by atoms with Crippen molar-refractivity contribution in [3.63, 3.8) is 0 Å². The van der Waals surface area contributed by atoms with E-state index in [4.69, 9.17) is 19.9 Å². The number of carbonyl (C=O) groups is 1. The van der Waals surface area contributed by atoms with E-state index in [1.165, 1.54) is 0 Å². The normalized spacial score (nSPS) is 18.9. The highest BCUT2D eigenvalue weighted by atomic mass is 16.5. The summed E-state index contributed by atoms with van der Waals surface area (Å²) in [5.74, 6) is 1.92. The van der Waals surface area contributed by atoms with Crippen LogP contribution < -0.4 is 25.3 Å². The molecule has 0 bridgehead atoms. The van der Waals surface area contributed by atoms with Crippen LogP contribution >= 0.6 is 0 Å². The lowest BCUT2D eigenvalue weighted by Crippen LogP contribution is -2.36. The zero-order valence-corrected chi connectivity index (χ0v) is 20.5. The molecular formula is C27H33N3O4. The van der Waals surface area contributed by atoms with Crippen molar-refractivity contribution in [2.75, 3.05) is 47.2 Å². The van der Waals surface area contributed by atoms with Gasteiger partial charge in [0.1, 0.15) is 22.9 Å². The van der Waals surface area contributed by atoms with E-state index in [0.29, 0.717) is 23.6 Å². The molecule has 1 saturated heterocycles. The van der Waals surface area contributed by atoms with Gasteiger partial charge in [0.15, 0.2) is 0 Å². The maximum Gasteiger partial charge on any atom is 0.224 e. The molecule has 34 heavy (non-hydrogen) atoms. The quantitative estimate of drug-likeness (QED) is 0.607. The molecule has 1 aliphatic carbocycles. The van der Waals surface area contributed by atoms with Gasteiger partial charge in [-0.05, 0) is 90.7 Å². The Hall–Kier alpha value is -3.45. The summed E-state index contributed by atoms with van der Waals surface area (Å²) in [5, 5.41) is 3.20. The Kier molecular flexibility index (Phi) is 6.84. The number of hydrogen-bond donors (Lipinski definition) is 2. The first-order chi connectivity index (χ1) is 16.3. The van der Waals surface area contributed by atoms with Crippen LogP contribution in [0.4, 0.5) is 5.69 Å². The molecule has 1 atom stereocenters. The molecule has 7 heteroatoms. The number of methoxy groups -OCH3 is 3. The SMILES string of the molecule is COc1ccc2c(c1)C(CC(=O)NC1CCN(C)C1)=C(C)/C2=C/c1cc(OC)c(N)c(OC)c1. The number of allylic oxidation sites excluding steroid dienone is 2. The molecule has 0 spiro atoms. The lowest BCUT2D eigenvalue weighted by molar-refractivity contribution is -0.120. The lowest BCUT2D eigenvalue weighted by Gasteiger charge is -2.14. The van der Waals surface area contributed by atoms with Crippen molar-refractivity contribution in [1.82, 2.24) is 10.2 Å². The number of nitrogen functional groups attached to an aromatic ring is 1. The first-order valence-electron chi connectivity index (χ1n) is 11.4. The smallest absolute Gasteiger partial charge is 0.224 e. The van der Waals surface area contributed by atoms with E-state index >= 15 is 0 Å². The van der Waals surface area contributed by atoms with Crippen molar-refractivity contribution in [2.24, 2.45) is 0 Å². The van der Waals surface area contributed by atoms with E-state index in [9.17, 15) is 4.79 Å². The zero-order chi connectivity index (χ0) is 24.4. The summed E-state index contributed by atoms with van der Waals surface area (Å²) < 4.78 is 16.4. The molecule has 2 aromatic carbocycles. The summed E-state index contributed by atoms with van der Waals surface area (Å²) in [7, 11) is 6.91. The second-order valence-electron chi connectivity index (χ2n) is 8.90. The number of anilines is 1. The number of likely N-dealkylation sites (tertiary alicyclic amines) is 1. The fraction of sp³-hybridized carbons (Fsp3) is 0.370. The van der Waals surface area contributed by atoms with Gasteiger partial charge in [-0.1, -0.05) is 6.07 Å². The monoisotopic (exact) mass is 463 g/mol. The molecule has 1 amide bonds. The predicted octanol–water partition coefficient (Wildman–Crippen LogP) is 3.83. The number of nitrogens with two attached hydrogens (primary N) is 1. The van der Waals surface area contributed by atoms with Gasteiger partial charge in [0.05, 0.1) is 27.8 Å². The number of likely N-dealkylation sites (N-methyl/N-ethyl adjacent to an activating group) is 1. The van der Waals surface area contributed by atoms with Gasteiger partial charge in [0.2, 0.25) is 5.91 Å². The van der Waals surface area contributed by atoms with E-state index in [0.717, 1.165) is 58.7 Å². The Morgan fingerprint density at radius 2 is 1.82 bits per heavy atom. The number of fused-ring (bicyclic) bond motifs is 1. The molecule has 2 aliphatic rings. The van der Waals surface area contributed by atoms with E-state index < -0.39 is 0 Å². The number of ether oxygens (including phenoxy) is 3. The van der Waals surface area contributed by atoms with Crippen molar-refractivity contribution in [1.29, 1.82) is 0 Å². The summed E-state index contributed by atoms with van der Waals surface area (Å²) in [6.07, 6.45) is 3.39. The summed E-state index contributed by atoms with van der Waals surface area (Å²) in [4.78, 5) is 15.2. The maximum absolute atomic E-state index is 13.0. The average molecular weight is 464 g/mol. The summed E-state index contributed by atoms with van der Waals surface area (Å²) >= 11 is 0. The molecule has 2 aromatic rings. The van der Waals surface area contributed by atoms with Crippen molar-refractivity contribution >= 4 is 28.8 Å². The van der Waals surface area contributed by atoms with Crippen LogP contribution in [0.3, 0.4) is 0 Å². The second kappa shape index (κ2) is 9.81. The lowest BCUT2D eigenvalue weighted by atomic mass is 10.00. The first kappa shape index (κ1) is 23.7. The van der Waals surface area contributed by atoms with Crippen molar-refractivity contribution in [3.05, 3.63) is 52.6 Å². The van der Waals surface area contributed by atoms with Crippen molar-refractivity contribution in [2.45, 2.75) is 25.8 Å². The third-order valence-electron chi connectivity index (χ3n) is 6.67. The summed E-state index contributed by atoms with van der Waals surface area (Å²) in [6, 6.07) is 9.99. The fourth-order valence-corrected chi connectivity index (χ4v) is 4.82. The number of amides is 1. The minimum atomic E-state index is 0.0421. The van der Waals surface area contributed by atoms with E-state index in [-0.39, 0.29) is 11.9 Å². The molecule has 7 nitrogen and oxygen atoms in total. The molecule has 1 fully saturated rings. The highest BCUT2D eigenvalue weighted by Crippen LogP contribution is 2.45. The molecule has 1 heterocycles. The number of carbonyl (C=O) groups excluding carboxylic acids is 1. The molecule has 180 valence electrons. The van der Waals surface area contributed by atoms with Crippen LogP contribution in [0.15, 0.2) is 35.9 Å². The molecular weight excluding hydrogens is 430 g/mol. The Morgan fingerprint density at radius 3 is 2.41 bits per heavy atom. The molecule has 0 saturated carbocycles. The van der Waals surface area contributed by atoms with E-state index in [2.05, 4.69) is 30.3 Å². The molecule has 0 aromatic heterocycles. The topological polar surface area (TPSA) is 86.0 Å². The van der Waals surface area contributed by atoms with E-state index in [1.54, 1.807) is 21.3 Å². The summed E-state index contributed by atoms with van der Waals surface area (Å²) in [6.45, 7) is 3.96. The average Bonchev–Trinajstić information content (AvgIpc) is 3.35. The van der Waals surface area contributed by atoms with Crippen LogP contribution in [-0.2, 0) is 4.79 Å². The first-order valence-corrected chi connectivity index (χ1v) is 11.4. The van der Waals surface area contributed by atoms with Gasteiger partial charge in [-0.15, -0.1) is 0 Å². The minimum absolute atomic E-state index is 0.0421. The molecule has 0 radical (unpaired) electrons. The second-order valence-corrected chi connectivity index (χ2v) is 8.90. The Balaban J connectivity index is 1.72. The summed E-state index contributed by atoms with van der Waals surface area (Å²) in [5.41, 5.74) is 12.7. The van der Waals surface area contributed by atoms with Gasteiger partial charge < -0.3 is 30.2 Å². The number of nitrogens with zero attached hydrogens (tertiary/aromatic N) is 1. The van der Waals surface area contributed by atoms with Gasteiger partial charge in [-0.3, -0.25) is 4.79 Å². The van der Waals surface area contributed by atoms with Gasteiger partial charge in [0.25, 0.3) is 0 Å². The number of hydrogen-bond acceptors (Lipinski definition) is 6. The highest BCUT2D eigenvalue weighted by molar-refractivity contribution is 6.08. The number of rotatable bonds is 7. The molecule has 1 unspecified atom stereocenters. The maximum atomic E-state index is 13.0. The Bertz CT molecular complexity index is 1140. The van der Waals surface area contributed by atoms with Gasteiger partial charge in [-0.25, -0.2) is 0 Å². The van der Waals surface area contributed by atoms with Crippen LogP contribution in [0.5, 0.6) is 17.2 Å². The van der Waals surface area contributed by atoms with Crippen LogP contribution in [0.1, 0.15) is 36.5 Å². The standard InChI is InChI=1S/C27H33N3O4/c1-16-21(10-17-11-24(33-4)27(28)25(12-17)34-5)20-7-6-19(32-3)13-23(20)22(16)14-26(31)29-18-8-9-30(2)15-18/h6-7,10-13,18H,8-9,14-15,28H2,1-5H3,(H,29,31)/b21-10-. The zero-order valence-electron chi connectivity index (χ0n) is 20.5. The largest absolute Gasteiger partial charge is 0.497 e. The Labute approximate surface area is 201 Å². The fourth-order valence-electron chi connectivity index (χ4n) is 4.82. The Morgan fingerprint density at radius 1 is 1.12 bits per heavy atom. The van der Waals surface area contributed by atoms with Crippen LogP contribution in [-0.4, -0.2) is 58.3 Å².